The fraction of sp³-hybridized carbons (Fsp3) is 0.923. The Labute approximate surface area is 108 Å². The Morgan fingerprint density at radius 2 is 1.59 bits per heavy atom. The first kappa shape index (κ1) is 16.9. The molecule has 0 N–H and O–H groups in total. The predicted octanol–water partition coefficient (Wildman–Crippen LogP) is 3.87. The summed E-state index contributed by atoms with van der Waals surface area (Å²) in [5.41, 5.74) is 0. The van der Waals surface area contributed by atoms with Gasteiger partial charge in [0, 0.05) is 9.47 Å². The van der Waals surface area contributed by atoms with Gasteiger partial charge in [-0.15, -0.1) is 0 Å². The van der Waals surface area contributed by atoms with Crippen molar-refractivity contribution in [1.29, 1.82) is 0 Å². The van der Waals surface area contributed by atoms with Gasteiger partial charge in [-0.25, -0.2) is 4.79 Å². The number of ether oxygens (including phenoxy) is 1. The molecule has 0 spiro atoms. The van der Waals surface area contributed by atoms with E-state index in [-0.39, 0.29) is 5.97 Å². The van der Waals surface area contributed by atoms with Gasteiger partial charge in [-0.3, -0.25) is 0 Å². The highest BCUT2D eigenvalue weighted by molar-refractivity contribution is 7.09. The lowest BCUT2D eigenvalue weighted by molar-refractivity contribution is -0.150. The van der Waals surface area contributed by atoms with E-state index in [1.165, 1.54) is 38.5 Å². The molecule has 2 atom stereocenters. The van der Waals surface area contributed by atoms with Gasteiger partial charge in [0.25, 0.3) is 0 Å². The maximum absolute atomic E-state index is 11.2. The maximum atomic E-state index is 11.2. The van der Waals surface area contributed by atoms with Crippen LogP contribution in [0.5, 0.6) is 0 Å². The summed E-state index contributed by atoms with van der Waals surface area (Å²) in [6.07, 6.45) is 9.53. The SMILES string of the molecule is CCCCCCCCCCOC(=O)C(C)OP. The van der Waals surface area contributed by atoms with E-state index in [2.05, 4.69) is 16.4 Å². The van der Waals surface area contributed by atoms with E-state index in [4.69, 9.17) is 9.26 Å². The third-order valence-corrected chi connectivity index (χ3v) is 3.19. The molecular weight excluding hydrogens is 235 g/mol. The van der Waals surface area contributed by atoms with Crippen molar-refractivity contribution < 1.29 is 14.1 Å². The van der Waals surface area contributed by atoms with Crippen LogP contribution in [-0.4, -0.2) is 18.7 Å². The van der Waals surface area contributed by atoms with E-state index in [9.17, 15) is 4.79 Å². The summed E-state index contributed by atoms with van der Waals surface area (Å²) in [6, 6.07) is 0. The van der Waals surface area contributed by atoms with Crippen LogP contribution in [0.2, 0.25) is 0 Å². The van der Waals surface area contributed by atoms with Crippen molar-refractivity contribution in [3.8, 4) is 0 Å². The first-order chi connectivity index (χ1) is 8.22. The highest BCUT2D eigenvalue weighted by Gasteiger charge is 2.12. The summed E-state index contributed by atoms with van der Waals surface area (Å²) < 4.78 is 9.85. The minimum Gasteiger partial charge on any atom is -0.464 e. The topological polar surface area (TPSA) is 35.5 Å². The van der Waals surface area contributed by atoms with Crippen molar-refractivity contribution in [3.05, 3.63) is 0 Å². The minimum atomic E-state index is -0.478. The molecule has 0 radical (unpaired) electrons. The molecule has 0 heterocycles. The lowest BCUT2D eigenvalue weighted by Crippen LogP contribution is -2.20. The number of rotatable bonds is 11. The predicted molar refractivity (Wildman–Crippen MR) is 73.8 cm³/mol. The molecule has 0 fully saturated rings. The van der Waals surface area contributed by atoms with Crippen molar-refractivity contribution in [3.63, 3.8) is 0 Å². The van der Waals surface area contributed by atoms with Crippen molar-refractivity contribution in [2.75, 3.05) is 6.61 Å². The number of unbranched alkanes of at least 4 members (excludes halogenated alkanes) is 7. The van der Waals surface area contributed by atoms with E-state index in [0.29, 0.717) is 6.61 Å². The molecule has 0 aliphatic rings. The summed E-state index contributed by atoms with van der Waals surface area (Å²) in [4.78, 5) is 11.2. The number of hydrogen-bond donors (Lipinski definition) is 0. The third kappa shape index (κ3) is 10.7. The van der Waals surface area contributed by atoms with Crippen molar-refractivity contribution in [1.82, 2.24) is 0 Å². The van der Waals surface area contributed by atoms with Crippen LogP contribution < -0.4 is 0 Å². The molecule has 0 bridgehead atoms. The van der Waals surface area contributed by atoms with Crippen LogP contribution in [0.1, 0.15) is 65.2 Å². The third-order valence-electron chi connectivity index (χ3n) is 2.78. The molecule has 3 nitrogen and oxygen atoms in total. The monoisotopic (exact) mass is 262 g/mol. The van der Waals surface area contributed by atoms with Gasteiger partial charge in [-0.05, 0) is 13.3 Å². The number of carbonyl (C=O) groups excluding carboxylic acids is 1. The normalized spacial score (nSPS) is 12.4. The highest BCUT2D eigenvalue weighted by Crippen LogP contribution is 2.08. The van der Waals surface area contributed by atoms with E-state index in [1.807, 2.05) is 0 Å². The second-order valence-corrected chi connectivity index (χ2v) is 4.69. The smallest absolute Gasteiger partial charge is 0.335 e. The highest BCUT2D eigenvalue weighted by atomic mass is 31.0. The molecule has 102 valence electrons. The van der Waals surface area contributed by atoms with Gasteiger partial charge in [0.2, 0.25) is 0 Å². The van der Waals surface area contributed by atoms with Crippen molar-refractivity contribution >= 4 is 15.4 Å². The number of carbonyl (C=O) groups is 1. The maximum Gasteiger partial charge on any atom is 0.335 e. The van der Waals surface area contributed by atoms with Crippen LogP contribution in [0.25, 0.3) is 0 Å². The van der Waals surface area contributed by atoms with E-state index in [1.54, 1.807) is 6.92 Å². The zero-order valence-corrected chi connectivity index (χ0v) is 12.4. The van der Waals surface area contributed by atoms with Crippen molar-refractivity contribution in [2.45, 2.75) is 71.3 Å². The average molecular weight is 262 g/mol. The summed E-state index contributed by atoms with van der Waals surface area (Å²) in [6.45, 7) is 4.43. The molecule has 0 aromatic rings. The summed E-state index contributed by atoms with van der Waals surface area (Å²) in [5, 5.41) is 0. The van der Waals surface area contributed by atoms with Crippen LogP contribution >= 0.6 is 9.47 Å². The molecule has 0 rings (SSSR count). The first-order valence-corrected chi connectivity index (χ1v) is 7.21. The zero-order valence-electron chi connectivity index (χ0n) is 11.2. The van der Waals surface area contributed by atoms with E-state index >= 15 is 0 Å². The van der Waals surface area contributed by atoms with Crippen LogP contribution in [0.3, 0.4) is 0 Å². The molecule has 4 heteroatoms. The molecule has 2 unspecified atom stereocenters. The van der Waals surface area contributed by atoms with Gasteiger partial charge in [0.15, 0.2) is 6.10 Å². The molecule has 17 heavy (non-hydrogen) atoms. The Morgan fingerprint density at radius 1 is 1.06 bits per heavy atom. The summed E-state index contributed by atoms with van der Waals surface area (Å²) >= 11 is 0. The molecule has 0 saturated carbocycles. The number of esters is 1. The Balaban J connectivity index is 3.16. The van der Waals surface area contributed by atoms with Gasteiger partial charge in [0.05, 0.1) is 6.61 Å². The minimum absolute atomic E-state index is 0.275. The lowest BCUT2D eigenvalue weighted by Gasteiger charge is -2.09. The second-order valence-electron chi connectivity index (χ2n) is 4.42. The quantitative estimate of drug-likeness (QED) is 0.322. The zero-order chi connectivity index (χ0) is 12.9. The largest absolute Gasteiger partial charge is 0.464 e. The second kappa shape index (κ2) is 12.3. The Bertz CT molecular complexity index is 186. The summed E-state index contributed by atoms with van der Waals surface area (Å²) in [7, 11) is 2.08. The van der Waals surface area contributed by atoms with E-state index in [0.717, 1.165) is 12.8 Å². The molecular formula is C13H27O3P. The van der Waals surface area contributed by atoms with Crippen LogP contribution in [0, 0.1) is 0 Å². The number of hydrogen-bond acceptors (Lipinski definition) is 3. The Morgan fingerprint density at radius 3 is 2.12 bits per heavy atom. The Kier molecular flexibility index (Phi) is 12.2. The van der Waals surface area contributed by atoms with Crippen molar-refractivity contribution in [2.24, 2.45) is 0 Å². The Hall–Kier alpha value is -0.140. The van der Waals surface area contributed by atoms with Crippen LogP contribution in [-0.2, 0) is 14.1 Å². The van der Waals surface area contributed by atoms with Gasteiger partial charge >= 0.3 is 5.97 Å². The first-order valence-electron chi connectivity index (χ1n) is 6.74. The lowest BCUT2D eigenvalue weighted by atomic mass is 10.1. The molecule has 0 aliphatic heterocycles. The van der Waals surface area contributed by atoms with E-state index < -0.39 is 6.10 Å². The molecule has 0 aromatic heterocycles. The van der Waals surface area contributed by atoms with Gasteiger partial charge in [-0.2, -0.15) is 0 Å². The summed E-state index contributed by atoms with van der Waals surface area (Å²) in [5.74, 6) is -0.275. The average Bonchev–Trinajstić information content (AvgIpc) is 2.35. The molecule has 0 aromatic carbocycles. The fourth-order valence-electron chi connectivity index (χ4n) is 1.58. The van der Waals surface area contributed by atoms with Gasteiger partial charge in [-0.1, -0.05) is 51.9 Å². The van der Waals surface area contributed by atoms with Gasteiger partial charge < -0.3 is 9.26 Å². The van der Waals surface area contributed by atoms with Gasteiger partial charge in [0.1, 0.15) is 0 Å². The molecule has 0 aliphatic carbocycles. The van der Waals surface area contributed by atoms with Crippen LogP contribution in [0.4, 0.5) is 0 Å². The molecule has 0 saturated heterocycles. The fourth-order valence-corrected chi connectivity index (χ4v) is 1.69. The standard InChI is InChI=1S/C13H27O3P/c1-3-4-5-6-7-8-9-10-11-15-13(14)12(2)16-17/h12H,3-11,17H2,1-2H3. The van der Waals surface area contributed by atoms with Crippen LogP contribution in [0.15, 0.2) is 0 Å². The molecule has 0 amide bonds.